The molecule has 2 aromatic carbocycles. The van der Waals surface area contributed by atoms with Crippen molar-refractivity contribution in [2.75, 3.05) is 12.4 Å². The maximum absolute atomic E-state index is 12.5. The van der Waals surface area contributed by atoms with Gasteiger partial charge in [-0.1, -0.05) is 54.2 Å². The molecule has 8 heteroatoms. The molecule has 2 atom stereocenters. The second-order valence-electron chi connectivity index (χ2n) is 6.92. The molecule has 1 fully saturated rings. The number of benzene rings is 2. The van der Waals surface area contributed by atoms with Crippen molar-refractivity contribution in [3.8, 4) is 0 Å². The lowest BCUT2D eigenvalue weighted by Gasteiger charge is -2.16. The van der Waals surface area contributed by atoms with Gasteiger partial charge in [0.05, 0.1) is 24.4 Å². The van der Waals surface area contributed by atoms with E-state index < -0.39 is 0 Å². The van der Waals surface area contributed by atoms with Gasteiger partial charge < -0.3 is 10.1 Å². The third-order valence-electron chi connectivity index (χ3n) is 4.90. The topological polar surface area (TPSA) is 81.9 Å². The summed E-state index contributed by atoms with van der Waals surface area (Å²) in [5.41, 5.74) is 1.11. The Hall–Kier alpha value is -2.45. The van der Waals surface area contributed by atoms with Gasteiger partial charge in [0.1, 0.15) is 0 Å². The molecule has 0 spiro atoms. The van der Waals surface area contributed by atoms with Crippen LogP contribution < -0.4 is 5.32 Å². The fraction of sp³-hybridized carbons (Fsp3) is 0.400. The number of thioether (sulfide) groups is 1. The Morgan fingerprint density at radius 1 is 1.32 bits per heavy atom. The van der Waals surface area contributed by atoms with Crippen LogP contribution in [0.25, 0.3) is 10.8 Å². The third-order valence-corrected chi connectivity index (χ3v) is 5.86. The van der Waals surface area contributed by atoms with Crippen molar-refractivity contribution in [3.63, 3.8) is 0 Å². The fourth-order valence-electron chi connectivity index (χ4n) is 3.51. The number of rotatable bonds is 7. The van der Waals surface area contributed by atoms with Crippen LogP contribution in [-0.2, 0) is 16.1 Å². The van der Waals surface area contributed by atoms with Crippen molar-refractivity contribution in [1.82, 2.24) is 25.5 Å². The maximum Gasteiger partial charge on any atom is 0.230 e. The van der Waals surface area contributed by atoms with Crippen LogP contribution in [0.2, 0.25) is 0 Å². The zero-order valence-electron chi connectivity index (χ0n) is 15.7. The molecule has 7 nitrogen and oxygen atoms in total. The highest BCUT2D eigenvalue weighted by atomic mass is 32.2. The van der Waals surface area contributed by atoms with Crippen molar-refractivity contribution >= 4 is 28.4 Å². The summed E-state index contributed by atoms with van der Waals surface area (Å²) in [7, 11) is 0. The number of amides is 1. The van der Waals surface area contributed by atoms with E-state index in [1.165, 1.54) is 17.1 Å². The van der Waals surface area contributed by atoms with E-state index in [4.69, 9.17) is 4.74 Å². The summed E-state index contributed by atoms with van der Waals surface area (Å²) in [6.45, 7) is 3.43. The molecule has 1 N–H and O–H groups in total. The number of nitrogens with one attached hydrogen (secondary N) is 1. The molecule has 146 valence electrons. The minimum Gasteiger partial charge on any atom is -0.376 e. The first-order chi connectivity index (χ1) is 13.7. The SMILES string of the molecule is C[C@@H](NC(=O)CSc1nnnn1C[C@@H]1CCCO1)c1cccc2ccccc12. The Morgan fingerprint density at radius 2 is 2.18 bits per heavy atom. The highest BCUT2D eigenvalue weighted by molar-refractivity contribution is 7.99. The van der Waals surface area contributed by atoms with Gasteiger partial charge in [-0.15, -0.1) is 5.10 Å². The fourth-order valence-corrected chi connectivity index (χ4v) is 4.21. The molecular weight excluding hydrogens is 374 g/mol. The number of fused-ring (bicyclic) bond motifs is 1. The number of nitrogens with zero attached hydrogens (tertiary/aromatic N) is 4. The number of hydrogen-bond donors (Lipinski definition) is 1. The minimum absolute atomic E-state index is 0.0444. The summed E-state index contributed by atoms with van der Waals surface area (Å²) in [5, 5.41) is 17.9. The van der Waals surface area contributed by atoms with E-state index in [1.807, 2.05) is 25.1 Å². The molecule has 1 aliphatic rings. The monoisotopic (exact) mass is 397 g/mol. The average molecular weight is 398 g/mol. The first-order valence-corrected chi connectivity index (χ1v) is 10.5. The number of carbonyl (C=O) groups excluding carboxylic acids is 1. The van der Waals surface area contributed by atoms with E-state index >= 15 is 0 Å². The summed E-state index contributed by atoms with van der Waals surface area (Å²) in [6, 6.07) is 14.3. The van der Waals surface area contributed by atoms with Crippen LogP contribution in [0.1, 0.15) is 31.4 Å². The third kappa shape index (κ3) is 4.34. The predicted molar refractivity (Wildman–Crippen MR) is 108 cm³/mol. The smallest absolute Gasteiger partial charge is 0.230 e. The lowest BCUT2D eigenvalue weighted by atomic mass is 10.00. The Morgan fingerprint density at radius 3 is 3.04 bits per heavy atom. The molecule has 1 saturated heterocycles. The molecule has 1 aromatic heterocycles. The van der Waals surface area contributed by atoms with E-state index in [-0.39, 0.29) is 23.8 Å². The molecule has 0 saturated carbocycles. The standard InChI is InChI=1S/C20H23N5O2S/c1-14(17-10-4-7-15-6-2-3-9-18(15)17)21-19(26)13-28-20-22-23-24-25(20)12-16-8-5-11-27-16/h2-4,6-7,9-10,14,16H,5,8,11-13H2,1H3,(H,21,26)/t14-,16+/m1/s1. The quantitative estimate of drug-likeness (QED) is 0.617. The predicted octanol–water partition coefficient (Wildman–Crippen LogP) is 2.97. The molecule has 1 aliphatic heterocycles. The highest BCUT2D eigenvalue weighted by Crippen LogP contribution is 2.24. The number of tetrazole rings is 1. The van der Waals surface area contributed by atoms with Crippen LogP contribution in [0.3, 0.4) is 0 Å². The van der Waals surface area contributed by atoms with Gasteiger partial charge in [0.15, 0.2) is 0 Å². The number of hydrogen-bond acceptors (Lipinski definition) is 6. The first-order valence-electron chi connectivity index (χ1n) is 9.48. The van der Waals surface area contributed by atoms with Gasteiger partial charge in [0.2, 0.25) is 11.1 Å². The van der Waals surface area contributed by atoms with Gasteiger partial charge in [-0.25, -0.2) is 4.68 Å². The van der Waals surface area contributed by atoms with Crippen LogP contribution >= 0.6 is 11.8 Å². The van der Waals surface area contributed by atoms with Crippen LogP contribution in [0.15, 0.2) is 47.6 Å². The average Bonchev–Trinajstić information content (AvgIpc) is 3.38. The van der Waals surface area contributed by atoms with Gasteiger partial charge in [-0.2, -0.15) is 0 Å². The number of carbonyl (C=O) groups is 1. The number of aromatic nitrogens is 4. The van der Waals surface area contributed by atoms with Crippen molar-refractivity contribution < 1.29 is 9.53 Å². The minimum atomic E-state index is -0.0814. The summed E-state index contributed by atoms with van der Waals surface area (Å²) < 4.78 is 7.36. The summed E-state index contributed by atoms with van der Waals surface area (Å²) in [4.78, 5) is 12.5. The second kappa shape index (κ2) is 8.70. The van der Waals surface area contributed by atoms with Gasteiger partial charge in [0, 0.05) is 6.61 Å². The molecule has 2 heterocycles. The first kappa shape index (κ1) is 18.9. The zero-order chi connectivity index (χ0) is 19.3. The van der Waals surface area contributed by atoms with Crippen molar-refractivity contribution in [2.45, 2.75) is 43.6 Å². The van der Waals surface area contributed by atoms with E-state index in [0.29, 0.717) is 11.7 Å². The molecule has 28 heavy (non-hydrogen) atoms. The molecule has 3 aromatic rings. The molecule has 0 unspecified atom stereocenters. The molecule has 4 rings (SSSR count). The van der Waals surface area contributed by atoms with Crippen molar-refractivity contribution in [3.05, 3.63) is 48.0 Å². The van der Waals surface area contributed by atoms with Gasteiger partial charge in [0.25, 0.3) is 0 Å². The Labute approximate surface area is 167 Å². The Bertz CT molecular complexity index is 949. The van der Waals surface area contributed by atoms with E-state index in [1.54, 1.807) is 4.68 Å². The van der Waals surface area contributed by atoms with Crippen LogP contribution in [-0.4, -0.2) is 44.6 Å². The molecular formula is C20H23N5O2S. The number of ether oxygens (including phenoxy) is 1. The van der Waals surface area contributed by atoms with Gasteiger partial charge in [-0.3, -0.25) is 4.79 Å². The van der Waals surface area contributed by atoms with Gasteiger partial charge in [-0.05, 0) is 46.5 Å². The van der Waals surface area contributed by atoms with Crippen molar-refractivity contribution in [2.24, 2.45) is 0 Å². The summed E-state index contributed by atoms with van der Waals surface area (Å²) in [5.74, 6) is 0.221. The normalized spacial score (nSPS) is 17.7. The largest absolute Gasteiger partial charge is 0.376 e. The summed E-state index contributed by atoms with van der Waals surface area (Å²) >= 11 is 1.35. The maximum atomic E-state index is 12.5. The highest BCUT2D eigenvalue weighted by Gasteiger charge is 2.20. The molecule has 1 amide bonds. The lowest BCUT2D eigenvalue weighted by Crippen LogP contribution is -2.28. The Balaban J connectivity index is 1.35. The van der Waals surface area contributed by atoms with Crippen LogP contribution in [0.4, 0.5) is 0 Å². The van der Waals surface area contributed by atoms with E-state index in [2.05, 4.69) is 45.1 Å². The Kier molecular flexibility index (Phi) is 5.87. The zero-order valence-corrected chi connectivity index (χ0v) is 16.6. The lowest BCUT2D eigenvalue weighted by molar-refractivity contribution is -0.119. The van der Waals surface area contributed by atoms with Crippen LogP contribution in [0, 0.1) is 0 Å². The van der Waals surface area contributed by atoms with Crippen molar-refractivity contribution in [1.29, 1.82) is 0 Å². The van der Waals surface area contributed by atoms with Crippen LogP contribution in [0.5, 0.6) is 0 Å². The molecule has 0 radical (unpaired) electrons. The van der Waals surface area contributed by atoms with Gasteiger partial charge >= 0.3 is 0 Å². The molecule has 0 aliphatic carbocycles. The second-order valence-corrected chi connectivity index (χ2v) is 7.87. The molecule has 0 bridgehead atoms. The van der Waals surface area contributed by atoms with E-state index in [9.17, 15) is 4.79 Å². The summed E-state index contributed by atoms with van der Waals surface area (Å²) in [6.07, 6.45) is 2.25. The van der Waals surface area contributed by atoms with E-state index in [0.717, 1.165) is 30.4 Å².